The fraction of sp³-hybridized carbons (Fsp3) is 1.00. The minimum absolute atomic E-state index is 0. The third kappa shape index (κ3) is 27.8. The van der Waals surface area contributed by atoms with Gasteiger partial charge in [0.25, 0.3) is 0 Å². The molecule has 0 heterocycles. The molecule has 0 aromatic carbocycles. The topological polar surface area (TPSA) is 9.23 Å². The van der Waals surface area contributed by atoms with Gasteiger partial charge in [0.2, 0.25) is 0 Å². The van der Waals surface area contributed by atoms with Crippen molar-refractivity contribution in [3.05, 3.63) is 0 Å². The van der Waals surface area contributed by atoms with Crippen LogP contribution in [0.4, 0.5) is 0 Å². The van der Waals surface area contributed by atoms with Crippen LogP contribution in [0.15, 0.2) is 0 Å². The van der Waals surface area contributed by atoms with Crippen molar-refractivity contribution in [2.24, 2.45) is 0 Å². The van der Waals surface area contributed by atoms with Crippen LogP contribution < -0.4 is 0 Å². The molecule has 26 heavy (non-hydrogen) atoms. The first-order chi connectivity index (χ1) is 12.4. The van der Waals surface area contributed by atoms with Gasteiger partial charge in [-0.25, -0.2) is 0 Å². The second kappa shape index (κ2) is 28.8. The monoisotopic (exact) mass is 394 g/mol. The van der Waals surface area contributed by atoms with Gasteiger partial charge in [-0.2, -0.15) is 0 Å². The molecule has 0 fully saturated rings. The zero-order chi connectivity index (χ0) is 18.3. The summed E-state index contributed by atoms with van der Waals surface area (Å²) in [7, 11) is 0. The third-order valence-electron chi connectivity index (χ3n) is 5.28. The van der Waals surface area contributed by atoms with E-state index >= 15 is 0 Å². The van der Waals surface area contributed by atoms with Crippen molar-refractivity contribution < 1.29 is 4.74 Å². The first kappa shape index (κ1) is 29.8. The number of rotatable bonds is 22. The van der Waals surface area contributed by atoms with E-state index in [2.05, 4.69) is 13.8 Å². The molecule has 0 spiro atoms. The van der Waals surface area contributed by atoms with E-state index in [0.717, 1.165) is 13.2 Å². The van der Waals surface area contributed by atoms with E-state index in [1.807, 2.05) is 0 Å². The number of ether oxygens (including phenoxy) is 1. The predicted molar refractivity (Wildman–Crippen MR) is 122 cm³/mol. The molecule has 0 saturated carbocycles. The fourth-order valence-corrected chi connectivity index (χ4v) is 3.49. The molecule has 0 amide bonds. The van der Waals surface area contributed by atoms with Gasteiger partial charge in [-0.15, -0.1) is 0 Å². The Labute approximate surface area is 209 Å². The summed E-state index contributed by atoms with van der Waals surface area (Å²) in [6, 6.07) is 0. The molecular weight excluding hydrogens is 343 g/mol. The number of unbranched alkanes of at least 4 members (excludes halogenated alkanes) is 18. The van der Waals surface area contributed by atoms with Crippen LogP contribution in [-0.4, -0.2) is 64.6 Å². The molecule has 0 rings (SSSR count). The summed E-state index contributed by atoms with van der Waals surface area (Å²) in [6.07, 6.45) is 28.2. The fourth-order valence-electron chi connectivity index (χ4n) is 3.49. The van der Waals surface area contributed by atoms with Gasteiger partial charge in [0.05, 0.1) is 0 Å². The van der Waals surface area contributed by atoms with Gasteiger partial charge in [0, 0.05) is 13.2 Å². The summed E-state index contributed by atoms with van der Waals surface area (Å²) in [5.74, 6) is 0. The molecule has 1 nitrogen and oxygen atoms in total. The minimum atomic E-state index is 0. The van der Waals surface area contributed by atoms with Crippen LogP contribution in [0.5, 0.6) is 0 Å². The van der Waals surface area contributed by atoms with E-state index in [1.54, 1.807) is 0 Å². The molecule has 0 radical (unpaired) electrons. The van der Waals surface area contributed by atoms with Crippen LogP contribution in [0.1, 0.15) is 142 Å². The number of hydrogen-bond acceptors (Lipinski definition) is 1. The molecule has 2 heteroatoms. The van der Waals surface area contributed by atoms with Crippen LogP contribution in [0.2, 0.25) is 0 Å². The first-order valence-electron chi connectivity index (χ1n) is 12.0. The van der Waals surface area contributed by atoms with Crippen LogP contribution >= 0.6 is 0 Å². The maximum atomic E-state index is 5.78. The molecule has 0 aliphatic carbocycles. The van der Waals surface area contributed by atoms with Gasteiger partial charge < -0.3 is 4.74 Å². The Morgan fingerprint density at radius 3 is 0.846 bits per heavy atom. The quantitative estimate of drug-likeness (QED) is 0.133. The second-order valence-corrected chi connectivity index (χ2v) is 7.98. The Bertz CT molecular complexity index is 198. The molecular formula is C24H51KO. The predicted octanol–water partition coefficient (Wildman–Crippen LogP) is 8.20. The van der Waals surface area contributed by atoms with E-state index in [4.69, 9.17) is 4.74 Å². The summed E-state index contributed by atoms with van der Waals surface area (Å²) < 4.78 is 5.78. The van der Waals surface area contributed by atoms with Gasteiger partial charge >= 0.3 is 51.4 Å². The van der Waals surface area contributed by atoms with Crippen LogP contribution in [0.3, 0.4) is 0 Å². The van der Waals surface area contributed by atoms with Crippen molar-refractivity contribution in [2.45, 2.75) is 142 Å². The molecule has 0 saturated heterocycles. The Morgan fingerprint density at radius 2 is 0.577 bits per heavy atom. The van der Waals surface area contributed by atoms with Gasteiger partial charge in [-0.3, -0.25) is 0 Å². The summed E-state index contributed by atoms with van der Waals surface area (Å²) >= 11 is 0. The second-order valence-electron chi connectivity index (χ2n) is 7.98. The SMILES string of the molecule is CCCCCCCCCCCCOCCCCCCCCCCCC.[KH]. The van der Waals surface area contributed by atoms with Gasteiger partial charge in [0.1, 0.15) is 0 Å². The van der Waals surface area contributed by atoms with Gasteiger partial charge in [0.15, 0.2) is 0 Å². The first-order valence-corrected chi connectivity index (χ1v) is 12.0. The summed E-state index contributed by atoms with van der Waals surface area (Å²) in [6.45, 7) is 6.57. The Balaban J connectivity index is 0. The van der Waals surface area contributed by atoms with Gasteiger partial charge in [-0.05, 0) is 12.8 Å². The van der Waals surface area contributed by atoms with Crippen molar-refractivity contribution in [1.82, 2.24) is 0 Å². The van der Waals surface area contributed by atoms with Crippen molar-refractivity contribution in [3.8, 4) is 0 Å². The summed E-state index contributed by atoms with van der Waals surface area (Å²) in [5, 5.41) is 0. The molecule has 0 bridgehead atoms. The van der Waals surface area contributed by atoms with E-state index in [0.29, 0.717) is 0 Å². The Kier molecular flexibility index (Phi) is 33.0. The third-order valence-corrected chi connectivity index (χ3v) is 5.28. The summed E-state index contributed by atoms with van der Waals surface area (Å²) in [5.41, 5.74) is 0. The Hall–Kier alpha value is 1.60. The van der Waals surface area contributed by atoms with Crippen molar-refractivity contribution >= 4 is 51.4 Å². The van der Waals surface area contributed by atoms with E-state index in [-0.39, 0.29) is 51.4 Å². The van der Waals surface area contributed by atoms with Crippen molar-refractivity contribution in [2.75, 3.05) is 13.2 Å². The molecule has 0 aromatic heterocycles. The standard InChI is InChI=1S/C24H50O.K.H/c1-3-5-7-9-11-13-15-17-19-21-23-25-24-22-20-18-16-14-12-10-8-6-4-2;;/h3-24H2,1-2H3;;. The Morgan fingerprint density at radius 1 is 0.346 bits per heavy atom. The molecule has 154 valence electrons. The molecule has 0 aliphatic heterocycles. The molecule has 0 aliphatic rings. The normalized spacial score (nSPS) is 10.8. The molecule has 0 aromatic rings. The molecule has 0 atom stereocenters. The van der Waals surface area contributed by atoms with Crippen LogP contribution in [0, 0.1) is 0 Å². The maximum absolute atomic E-state index is 5.78. The van der Waals surface area contributed by atoms with Crippen molar-refractivity contribution in [1.29, 1.82) is 0 Å². The average Bonchev–Trinajstić information content (AvgIpc) is 2.63. The van der Waals surface area contributed by atoms with Crippen LogP contribution in [-0.2, 0) is 4.74 Å². The zero-order valence-electron chi connectivity index (χ0n) is 18.0. The van der Waals surface area contributed by atoms with Crippen LogP contribution in [0.25, 0.3) is 0 Å². The van der Waals surface area contributed by atoms with E-state index in [1.165, 1.54) is 128 Å². The van der Waals surface area contributed by atoms with E-state index in [9.17, 15) is 0 Å². The molecule has 0 unspecified atom stereocenters. The van der Waals surface area contributed by atoms with Crippen molar-refractivity contribution in [3.63, 3.8) is 0 Å². The number of hydrogen-bond donors (Lipinski definition) is 0. The average molecular weight is 395 g/mol. The zero-order valence-corrected chi connectivity index (χ0v) is 18.0. The van der Waals surface area contributed by atoms with E-state index < -0.39 is 0 Å². The molecule has 0 N–H and O–H groups in total. The van der Waals surface area contributed by atoms with Gasteiger partial charge in [-0.1, -0.05) is 129 Å². The summed E-state index contributed by atoms with van der Waals surface area (Å²) in [4.78, 5) is 0.